The summed E-state index contributed by atoms with van der Waals surface area (Å²) in [6, 6.07) is 0. The smallest absolute Gasteiger partial charge is 0.161 e. The summed E-state index contributed by atoms with van der Waals surface area (Å²) >= 11 is 5.58. The number of allylic oxidation sites excluding steroid dienone is 2. The Morgan fingerprint density at radius 2 is 1.35 bits per heavy atom. The highest BCUT2D eigenvalue weighted by Gasteiger charge is 1.92. The SMILES string of the molecule is CCCCCCCCCCCC/C=C(\Cl)C=O. The van der Waals surface area contributed by atoms with Crippen LogP contribution in [0.1, 0.15) is 77.6 Å². The summed E-state index contributed by atoms with van der Waals surface area (Å²) < 4.78 is 0. The predicted octanol–water partition coefficient (Wildman–Crippen LogP) is 5.62. The molecule has 0 aromatic rings. The van der Waals surface area contributed by atoms with Gasteiger partial charge in [0.25, 0.3) is 0 Å². The molecule has 0 aliphatic rings. The van der Waals surface area contributed by atoms with Crippen molar-refractivity contribution < 1.29 is 4.79 Å². The molecule has 0 aliphatic heterocycles. The Kier molecular flexibility index (Phi) is 13.5. The van der Waals surface area contributed by atoms with Crippen LogP contribution < -0.4 is 0 Å². The minimum atomic E-state index is 0.348. The highest BCUT2D eigenvalue weighted by Crippen LogP contribution is 2.12. The van der Waals surface area contributed by atoms with E-state index in [1.165, 1.54) is 57.8 Å². The summed E-state index contributed by atoms with van der Waals surface area (Å²) in [5.41, 5.74) is 0. The van der Waals surface area contributed by atoms with Gasteiger partial charge in [-0.15, -0.1) is 0 Å². The Morgan fingerprint density at radius 1 is 0.882 bits per heavy atom. The summed E-state index contributed by atoms with van der Waals surface area (Å²) in [5, 5.41) is 0.348. The molecule has 0 heterocycles. The molecular weight excluding hydrogens is 232 g/mol. The van der Waals surface area contributed by atoms with Crippen LogP contribution in [-0.4, -0.2) is 6.29 Å². The van der Waals surface area contributed by atoms with Crippen molar-refractivity contribution in [1.82, 2.24) is 0 Å². The first-order chi connectivity index (χ1) is 8.31. The van der Waals surface area contributed by atoms with Crippen LogP contribution >= 0.6 is 11.6 Å². The second kappa shape index (κ2) is 13.8. The van der Waals surface area contributed by atoms with E-state index in [0.717, 1.165) is 12.8 Å². The molecule has 0 radical (unpaired) electrons. The average Bonchev–Trinajstić information content (AvgIpc) is 2.35. The number of unbranched alkanes of at least 4 members (excludes halogenated alkanes) is 10. The fourth-order valence-electron chi connectivity index (χ4n) is 1.92. The average molecular weight is 259 g/mol. The summed E-state index contributed by atoms with van der Waals surface area (Å²) in [4.78, 5) is 10.2. The van der Waals surface area contributed by atoms with Crippen LogP contribution in [0.25, 0.3) is 0 Å². The molecule has 0 unspecified atom stereocenters. The van der Waals surface area contributed by atoms with Crippen LogP contribution in [0.5, 0.6) is 0 Å². The normalized spacial score (nSPS) is 11.8. The maximum atomic E-state index is 10.2. The van der Waals surface area contributed by atoms with Gasteiger partial charge < -0.3 is 0 Å². The van der Waals surface area contributed by atoms with Crippen molar-refractivity contribution in [3.8, 4) is 0 Å². The number of hydrogen-bond acceptors (Lipinski definition) is 1. The van der Waals surface area contributed by atoms with Gasteiger partial charge in [-0.2, -0.15) is 0 Å². The third-order valence-corrected chi connectivity index (χ3v) is 3.25. The Bertz CT molecular complexity index is 199. The Hall–Kier alpha value is -0.300. The van der Waals surface area contributed by atoms with Gasteiger partial charge in [-0.25, -0.2) is 0 Å². The van der Waals surface area contributed by atoms with Crippen molar-refractivity contribution >= 4 is 17.9 Å². The molecule has 0 atom stereocenters. The fourth-order valence-corrected chi connectivity index (χ4v) is 2.03. The lowest BCUT2D eigenvalue weighted by Gasteiger charge is -2.01. The molecule has 17 heavy (non-hydrogen) atoms. The zero-order chi connectivity index (χ0) is 12.8. The second-order valence-electron chi connectivity index (χ2n) is 4.68. The minimum Gasteiger partial charge on any atom is -0.297 e. The summed E-state index contributed by atoms with van der Waals surface area (Å²) in [7, 11) is 0. The molecule has 0 aromatic heterocycles. The number of halogens is 1. The summed E-state index contributed by atoms with van der Waals surface area (Å²) in [5.74, 6) is 0. The van der Waals surface area contributed by atoms with Crippen LogP contribution in [0.3, 0.4) is 0 Å². The van der Waals surface area contributed by atoms with Gasteiger partial charge in [-0.1, -0.05) is 82.4 Å². The van der Waals surface area contributed by atoms with E-state index in [2.05, 4.69) is 6.92 Å². The minimum absolute atomic E-state index is 0.348. The highest BCUT2D eigenvalue weighted by molar-refractivity contribution is 6.38. The number of hydrogen-bond donors (Lipinski definition) is 0. The third kappa shape index (κ3) is 13.6. The molecule has 100 valence electrons. The van der Waals surface area contributed by atoms with Gasteiger partial charge >= 0.3 is 0 Å². The highest BCUT2D eigenvalue weighted by atomic mass is 35.5. The Morgan fingerprint density at radius 3 is 1.82 bits per heavy atom. The van der Waals surface area contributed by atoms with Crippen molar-refractivity contribution in [1.29, 1.82) is 0 Å². The van der Waals surface area contributed by atoms with E-state index in [0.29, 0.717) is 11.3 Å². The monoisotopic (exact) mass is 258 g/mol. The van der Waals surface area contributed by atoms with Crippen molar-refractivity contribution in [3.63, 3.8) is 0 Å². The van der Waals surface area contributed by atoms with E-state index in [1.807, 2.05) is 6.08 Å². The summed E-state index contributed by atoms with van der Waals surface area (Å²) in [6.07, 6.45) is 16.9. The molecule has 0 saturated heterocycles. The second-order valence-corrected chi connectivity index (χ2v) is 5.11. The number of carbonyl (C=O) groups is 1. The van der Waals surface area contributed by atoms with Gasteiger partial charge in [0.15, 0.2) is 6.29 Å². The standard InChI is InChI=1S/C15H27ClO/c1-2-3-4-5-6-7-8-9-10-11-12-13-15(16)14-17/h13-14H,2-12H2,1H3/b15-13-. The molecule has 0 bridgehead atoms. The molecule has 0 saturated carbocycles. The van der Waals surface area contributed by atoms with Crippen LogP contribution in [0.4, 0.5) is 0 Å². The topological polar surface area (TPSA) is 17.1 Å². The Labute approximate surface area is 112 Å². The molecular formula is C15H27ClO. The van der Waals surface area contributed by atoms with Crippen molar-refractivity contribution in [2.45, 2.75) is 77.6 Å². The van der Waals surface area contributed by atoms with Crippen molar-refractivity contribution in [3.05, 3.63) is 11.1 Å². The van der Waals surface area contributed by atoms with Crippen molar-refractivity contribution in [2.75, 3.05) is 0 Å². The largest absolute Gasteiger partial charge is 0.297 e. The lowest BCUT2D eigenvalue weighted by atomic mass is 10.1. The van der Waals surface area contributed by atoms with Crippen LogP contribution in [0.15, 0.2) is 11.1 Å². The van der Waals surface area contributed by atoms with Gasteiger partial charge in [0, 0.05) is 0 Å². The first-order valence-electron chi connectivity index (χ1n) is 7.12. The molecule has 2 heteroatoms. The molecule has 0 aliphatic carbocycles. The molecule has 0 N–H and O–H groups in total. The van der Waals surface area contributed by atoms with E-state index in [4.69, 9.17) is 11.6 Å². The van der Waals surface area contributed by atoms with E-state index >= 15 is 0 Å². The van der Waals surface area contributed by atoms with Gasteiger partial charge in [0.2, 0.25) is 0 Å². The van der Waals surface area contributed by atoms with E-state index in [1.54, 1.807) is 0 Å². The fraction of sp³-hybridized carbons (Fsp3) is 0.800. The predicted molar refractivity (Wildman–Crippen MR) is 76.5 cm³/mol. The van der Waals surface area contributed by atoms with E-state index < -0.39 is 0 Å². The Balaban J connectivity index is 3.06. The quantitative estimate of drug-likeness (QED) is 0.252. The molecule has 0 aromatic carbocycles. The zero-order valence-electron chi connectivity index (χ0n) is 11.2. The van der Waals surface area contributed by atoms with Crippen LogP contribution in [0, 0.1) is 0 Å². The summed E-state index contributed by atoms with van der Waals surface area (Å²) in [6.45, 7) is 2.26. The van der Waals surface area contributed by atoms with E-state index in [9.17, 15) is 4.79 Å². The third-order valence-electron chi connectivity index (χ3n) is 3.01. The van der Waals surface area contributed by atoms with Gasteiger partial charge in [-0.3, -0.25) is 4.79 Å². The van der Waals surface area contributed by atoms with Gasteiger partial charge in [0.05, 0.1) is 5.03 Å². The zero-order valence-corrected chi connectivity index (χ0v) is 12.0. The molecule has 0 spiro atoms. The molecule has 1 nitrogen and oxygen atoms in total. The molecule has 0 rings (SSSR count). The van der Waals surface area contributed by atoms with Crippen LogP contribution in [0.2, 0.25) is 0 Å². The van der Waals surface area contributed by atoms with Gasteiger partial charge in [-0.05, 0) is 12.8 Å². The van der Waals surface area contributed by atoms with Gasteiger partial charge in [0.1, 0.15) is 0 Å². The molecule has 0 fully saturated rings. The van der Waals surface area contributed by atoms with Crippen molar-refractivity contribution in [2.24, 2.45) is 0 Å². The van der Waals surface area contributed by atoms with E-state index in [-0.39, 0.29) is 0 Å². The first-order valence-corrected chi connectivity index (χ1v) is 7.50. The number of carbonyl (C=O) groups excluding carboxylic acids is 1. The molecule has 0 amide bonds. The lowest BCUT2D eigenvalue weighted by molar-refractivity contribution is -0.104. The number of rotatable bonds is 12. The maximum absolute atomic E-state index is 10.2. The number of aldehydes is 1. The first kappa shape index (κ1) is 16.7. The van der Waals surface area contributed by atoms with Crippen LogP contribution in [-0.2, 0) is 4.79 Å². The maximum Gasteiger partial charge on any atom is 0.161 e. The lowest BCUT2D eigenvalue weighted by Crippen LogP contribution is -1.81.